The van der Waals surface area contributed by atoms with E-state index in [1.165, 1.54) is 25.7 Å². The van der Waals surface area contributed by atoms with E-state index in [4.69, 9.17) is 0 Å². The van der Waals surface area contributed by atoms with Crippen LogP contribution in [0.4, 0.5) is 0 Å². The van der Waals surface area contributed by atoms with E-state index in [1.54, 1.807) is 0 Å². The molecule has 0 aliphatic heterocycles. The van der Waals surface area contributed by atoms with Crippen molar-refractivity contribution in [2.45, 2.75) is 69.7 Å². The van der Waals surface area contributed by atoms with Crippen LogP contribution in [0.25, 0.3) is 0 Å². The van der Waals surface area contributed by atoms with Gasteiger partial charge >= 0.3 is 0 Å². The summed E-state index contributed by atoms with van der Waals surface area (Å²) in [6.45, 7) is 4.92. The number of rotatable bonds is 7. The molecule has 0 aromatic rings. The molecule has 0 aromatic heterocycles. The summed E-state index contributed by atoms with van der Waals surface area (Å²) in [4.78, 5) is 11.8. The minimum absolute atomic E-state index is 0.0577. The minimum atomic E-state index is -0.0577. The van der Waals surface area contributed by atoms with Gasteiger partial charge in [0, 0.05) is 17.8 Å². The van der Waals surface area contributed by atoms with Crippen LogP contribution in [-0.2, 0) is 4.79 Å². The van der Waals surface area contributed by atoms with E-state index in [-0.39, 0.29) is 11.9 Å². The summed E-state index contributed by atoms with van der Waals surface area (Å²) in [6, 6.07) is 0.470. The van der Waals surface area contributed by atoms with Crippen molar-refractivity contribution in [3.63, 3.8) is 0 Å². The van der Waals surface area contributed by atoms with Crippen LogP contribution < -0.4 is 10.6 Å². The first-order chi connectivity index (χ1) is 8.67. The second-order valence-corrected chi connectivity index (χ2v) is 6.38. The monoisotopic (exact) mass is 272 g/mol. The minimum Gasteiger partial charge on any atom is -0.355 e. The highest BCUT2D eigenvalue weighted by atomic mass is 32.2. The normalized spacial score (nSPS) is 25.7. The number of amides is 1. The number of carbonyl (C=O) groups excluding carboxylic acids is 1. The highest BCUT2D eigenvalue weighted by Gasteiger charge is 2.23. The predicted molar refractivity (Wildman–Crippen MR) is 80.1 cm³/mol. The maximum absolute atomic E-state index is 11.8. The van der Waals surface area contributed by atoms with Crippen LogP contribution in [0, 0.1) is 0 Å². The Bertz CT molecular complexity index is 240. The zero-order chi connectivity index (χ0) is 13.4. The van der Waals surface area contributed by atoms with Gasteiger partial charge in [-0.3, -0.25) is 4.79 Å². The molecule has 1 unspecified atom stereocenters. The third-order valence-corrected chi connectivity index (χ3v) is 4.85. The summed E-state index contributed by atoms with van der Waals surface area (Å²) in [6.07, 6.45) is 9.36. The lowest BCUT2D eigenvalue weighted by Crippen LogP contribution is -2.47. The SMILES string of the molecule is CCCCNC(=O)C(C)NC1CCC(SC)CC1. The molecule has 0 aromatic carbocycles. The largest absolute Gasteiger partial charge is 0.355 e. The van der Waals surface area contributed by atoms with E-state index >= 15 is 0 Å². The number of thioether (sulfide) groups is 1. The highest BCUT2D eigenvalue weighted by Crippen LogP contribution is 2.26. The summed E-state index contributed by atoms with van der Waals surface area (Å²) >= 11 is 1.98. The number of hydrogen-bond acceptors (Lipinski definition) is 3. The van der Waals surface area contributed by atoms with Crippen LogP contribution in [0.3, 0.4) is 0 Å². The average molecular weight is 272 g/mol. The lowest BCUT2D eigenvalue weighted by molar-refractivity contribution is -0.123. The Labute approximate surface area is 116 Å². The fourth-order valence-electron chi connectivity index (χ4n) is 2.44. The zero-order valence-electron chi connectivity index (χ0n) is 12.0. The van der Waals surface area contributed by atoms with Crippen molar-refractivity contribution in [2.24, 2.45) is 0 Å². The van der Waals surface area contributed by atoms with Gasteiger partial charge in [-0.05, 0) is 45.3 Å². The number of unbranched alkanes of at least 4 members (excludes halogenated alkanes) is 1. The molecule has 0 spiro atoms. The van der Waals surface area contributed by atoms with E-state index in [1.807, 2.05) is 18.7 Å². The van der Waals surface area contributed by atoms with Gasteiger partial charge in [0.1, 0.15) is 0 Å². The molecule has 1 fully saturated rings. The molecule has 1 aliphatic carbocycles. The molecule has 1 amide bonds. The van der Waals surface area contributed by atoms with Gasteiger partial charge in [-0.1, -0.05) is 13.3 Å². The summed E-state index contributed by atoms with van der Waals surface area (Å²) in [5, 5.41) is 7.29. The van der Waals surface area contributed by atoms with E-state index in [2.05, 4.69) is 23.8 Å². The summed E-state index contributed by atoms with van der Waals surface area (Å²) in [7, 11) is 0. The van der Waals surface area contributed by atoms with E-state index in [9.17, 15) is 4.79 Å². The van der Waals surface area contributed by atoms with Gasteiger partial charge in [0.2, 0.25) is 5.91 Å². The van der Waals surface area contributed by atoms with E-state index < -0.39 is 0 Å². The maximum atomic E-state index is 11.8. The fraction of sp³-hybridized carbons (Fsp3) is 0.929. The molecule has 1 saturated carbocycles. The third-order valence-electron chi connectivity index (χ3n) is 3.72. The second kappa shape index (κ2) is 8.81. The van der Waals surface area contributed by atoms with Crippen molar-refractivity contribution in [2.75, 3.05) is 12.8 Å². The van der Waals surface area contributed by atoms with Crippen LogP contribution in [0.2, 0.25) is 0 Å². The third kappa shape index (κ3) is 5.61. The van der Waals surface area contributed by atoms with Crippen LogP contribution in [-0.4, -0.2) is 36.0 Å². The van der Waals surface area contributed by atoms with Gasteiger partial charge in [-0.25, -0.2) is 0 Å². The molecule has 2 N–H and O–H groups in total. The van der Waals surface area contributed by atoms with E-state index in [0.29, 0.717) is 6.04 Å². The molecule has 1 rings (SSSR count). The molecule has 0 heterocycles. The average Bonchev–Trinajstić information content (AvgIpc) is 2.39. The Morgan fingerprint density at radius 1 is 1.33 bits per heavy atom. The molecule has 0 saturated heterocycles. The molecular weight excluding hydrogens is 244 g/mol. The first kappa shape index (κ1) is 15.8. The summed E-state index contributed by atoms with van der Waals surface area (Å²) in [5.74, 6) is 0.149. The van der Waals surface area contributed by atoms with Gasteiger partial charge < -0.3 is 10.6 Å². The zero-order valence-corrected chi connectivity index (χ0v) is 12.8. The first-order valence-corrected chi connectivity index (χ1v) is 8.52. The Balaban J connectivity index is 2.19. The van der Waals surface area contributed by atoms with Gasteiger partial charge in [0.15, 0.2) is 0 Å². The number of carbonyl (C=O) groups is 1. The Kier molecular flexibility index (Phi) is 7.75. The molecule has 3 nitrogen and oxygen atoms in total. The molecule has 4 heteroatoms. The molecule has 1 atom stereocenters. The standard InChI is InChI=1S/C14H28N2OS/c1-4-5-10-15-14(17)11(2)16-12-6-8-13(18-3)9-7-12/h11-13,16H,4-10H2,1-3H3,(H,15,17). The topological polar surface area (TPSA) is 41.1 Å². The molecule has 18 heavy (non-hydrogen) atoms. The lowest BCUT2D eigenvalue weighted by Gasteiger charge is -2.30. The number of nitrogens with one attached hydrogen (secondary N) is 2. The van der Waals surface area contributed by atoms with Crippen molar-refractivity contribution < 1.29 is 4.79 Å². The first-order valence-electron chi connectivity index (χ1n) is 7.24. The highest BCUT2D eigenvalue weighted by molar-refractivity contribution is 7.99. The quantitative estimate of drug-likeness (QED) is 0.700. The van der Waals surface area contributed by atoms with Crippen molar-refractivity contribution in [3.8, 4) is 0 Å². The summed E-state index contributed by atoms with van der Waals surface area (Å²) < 4.78 is 0. The van der Waals surface area contributed by atoms with Gasteiger partial charge in [-0.15, -0.1) is 0 Å². The van der Waals surface area contributed by atoms with Crippen LogP contribution >= 0.6 is 11.8 Å². The summed E-state index contributed by atoms with van der Waals surface area (Å²) in [5.41, 5.74) is 0. The molecule has 0 radical (unpaired) electrons. The number of hydrogen-bond donors (Lipinski definition) is 2. The maximum Gasteiger partial charge on any atom is 0.236 e. The molecule has 106 valence electrons. The second-order valence-electron chi connectivity index (χ2n) is 5.24. The molecular formula is C14H28N2OS. The van der Waals surface area contributed by atoms with Crippen molar-refractivity contribution in [1.29, 1.82) is 0 Å². The molecule has 1 aliphatic rings. The van der Waals surface area contributed by atoms with Gasteiger partial charge in [0.05, 0.1) is 6.04 Å². The Hall–Kier alpha value is -0.220. The Morgan fingerprint density at radius 2 is 2.00 bits per heavy atom. The van der Waals surface area contributed by atoms with Crippen molar-refractivity contribution >= 4 is 17.7 Å². The van der Waals surface area contributed by atoms with Gasteiger partial charge in [-0.2, -0.15) is 11.8 Å². The van der Waals surface area contributed by atoms with Crippen molar-refractivity contribution in [1.82, 2.24) is 10.6 Å². The van der Waals surface area contributed by atoms with E-state index in [0.717, 1.165) is 24.6 Å². The van der Waals surface area contributed by atoms with Crippen LogP contribution in [0.5, 0.6) is 0 Å². The van der Waals surface area contributed by atoms with Crippen LogP contribution in [0.15, 0.2) is 0 Å². The van der Waals surface area contributed by atoms with Crippen molar-refractivity contribution in [3.05, 3.63) is 0 Å². The predicted octanol–water partition coefficient (Wildman–Crippen LogP) is 2.55. The fourth-order valence-corrected chi connectivity index (χ4v) is 3.18. The Morgan fingerprint density at radius 3 is 2.56 bits per heavy atom. The van der Waals surface area contributed by atoms with Gasteiger partial charge in [0.25, 0.3) is 0 Å². The van der Waals surface area contributed by atoms with Crippen LogP contribution in [0.1, 0.15) is 52.4 Å². The molecule has 0 bridgehead atoms. The lowest BCUT2D eigenvalue weighted by atomic mass is 9.94. The smallest absolute Gasteiger partial charge is 0.236 e.